The number of hydrogen-bond acceptors (Lipinski definition) is 4. The van der Waals surface area contributed by atoms with Gasteiger partial charge in [-0.3, -0.25) is 0 Å². The number of halogens is 2. The minimum Gasteiger partial charge on any atom is -0.370 e. The molecule has 8 heteroatoms. The topological polar surface area (TPSA) is 63.7 Å². The molecule has 25 heavy (non-hydrogen) atoms. The fourth-order valence-electron chi connectivity index (χ4n) is 2.81. The van der Waals surface area contributed by atoms with Crippen molar-refractivity contribution in [1.82, 2.24) is 19.9 Å². The molecular formula is C17H24BrClN4OSi. The molecule has 0 saturated heterocycles. The zero-order valence-corrected chi connectivity index (χ0v) is 18.2. The highest BCUT2D eigenvalue weighted by atomic mass is 79.9. The van der Waals surface area contributed by atoms with Crippen LogP contribution < -0.4 is 0 Å². The third kappa shape index (κ3) is 4.90. The quantitative estimate of drug-likeness (QED) is 0.454. The van der Waals surface area contributed by atoms with E-state index in [0.717, 1.165) is 28.8 Å². The van der Waals surface area contributed by atoms with E-state index in [4.69, 9.17) is 21.3 Å². The SMILES string of the molecule is C[Si](C)(C)CCOC(c1nc(-c2ccnc(Cl)n2)c(Br)[nH]1)C1CCC1. The first-order chi connectivity index (χ1) is 11.8. The van der Waals surface area contributed by atoms with E-state index in [1.165, 1.54) is 19.3 Å². The van der Waals surface area contributed by atoms with E-state index >= 15 is 0 Å². The third-order valence-corrected chi connectivity index (χ3v) is 7.00. The molecule has 0 bridgehead atoms. The number of imidazole rings is 1. The van der Waals surface area contributed by atoms with Crippen LogP contribution in [0, 0.1) is 5.92 Å². The van der Waals surface area contributed by atoms with Crippen LogP contribution in [-0.4, -0.2) is 34.6 Å². The lowest BCUT2D eigenvalue weighted by atomic mass is 9.81. The smallest absolute Gasteiger partial charge is 0.222 e. The predicted molar refractivity (Wildman–Crippen MR) is 107 cm³/mol. The Bertz CT molecular complexity index is 730. The van der Waals surface area contributed by atoms with Crippen molar-refractivity contribution in [3.05, 3.63) is 28.0 Å². The first-order valence-electron chi connectivity index (χ1n) is 8.69. The van der Waals surface area contributed by atoms with Crippen LogP contribution in [0.15, 0.2) is 16.9 Å². The molecule has 0 aromatic carbocycles. The lowest BCUT2D eigenvalue weighted by Gasteiger charge is -2.33. The summed E-state index contributed by atoms with van der Waals surface area (Å²) in [7, 11) is -1.11. The lowest BCUT2D eigenvalue weighted by Crippen LogP contribution is -2.27. The molecule has 2 aromatic heterocycles. The van der Waals surface area contributed by atoms with E-state index in [1.807, 2.05) is 0 Å². The van der Waals surface area contributed by atoms with Gasteiger partial charge in [0.15, 0.2) is 0 Å². The highest BCUT2D eigenvalue weighted by Gasteiger charge is 2.32. The van der Waals surface area contributed by atoms with Gasteiger partial charge in [0.2, 0.25) is 5.28 Å². The largest absolute Gasteiger partial charge is 0.370 e. The number of H-pyrrole nitrogens is 1. The van der Waals surface area contributed by atoms with Crippen molar-refractivity contribution < 1.29 is 4.74 Å². The molecule has 0 amide bonds. The molecule has 2 aromatic rings. The highest BCUT2D eigenvalue weighted by Crippen LogP contribution is 2.40. The Hall–Kier alpha value is -0.763. The van der Waals surface area contributed by atoms with Crippen molar-refractivity contribution in [3.8, 4) is 11.4 Å². The van der Waals surface area contributed by atoms with Crippen LogP contribution >= 0.6 is 27.5 Å². The number of ether oxygens (including phenoxy) is 1. The molecule has 0 spiro atoms. The van der Waals surface area contributed by atoms with E-state index in [0.29, 0.717) is 11.6 Å². The van der Waals surface area contributed by atoms with Crippen LogP contribution in [0.2, 0.25) is 31.0 Å². The van der Waals surface area contributed by atoms with E-state index in [2.05, 4.69) is 50.5 Å². The summed E-state index contributed by atoms with van der Waals surface area (Å²) in [5.74, 6) is 1.42. The number of hydrogen-bond donors (Lipinski definition) is 1. The Morgan fingerprint density at radius 3 is 2.72 bits per heavy atom. The van der Waals surface area contributed by atoms with Crippen LogP contribution in [0.25, 0.3) is 11.4 Å². The van der Waals surface area contributed by atoms with Crippen molar-refractivity contribution >= 4 is 35.6 Å². The number of nitrogens with one attached hydrogen (secondary N) is 1. The molecule has 1 N–H and O–H groups in total. The summed E-state index contributed by atoms with van der Waals surface area (Å²) in [6.45, 7) is 7.91. The second kappa shape index (κ2) is 7.86. The molecule has 0 radical (unpaired) electrons. The van der Waals surface area contributed by atoms with Crippen molar-refractivity contribution in [3.63, 3.8) is 0 Å². The molecule has 136 valence electrons. The van der Waals surface area contributed by atoms with Gasteiger partial charge in [-0.25, -0.2) is 15.0 Å². The molecule has 2 heterocycles. The van der Waals surface area contributed by atoms with Gasteiger partial charge >= 0.3 is 0 Å². The Morgan fingerprint density at radius 1 is 1.36 bits per heavy atom. The van der Waals surface area contributed by atoms with Gasteiger partial charge in [0, 0.05) is 20.9 Å². The number of aromatic amines is 1. The fourth-order valence-corrected chi connectivity index (χ4v) is 4.19. The summed E-state index contributed by atoms with van der Waals surface area (Å²) in [6.07, 6.45) is 5.33. The monoisotopic (exact) mass is 442 g/mol. The molecule has 3 rings (SSSR count). The van der Waals surface area contributed by atoms with Crippen molar-refractivity contribution in [1.29, 1.82) is 0 Å². The standard InChI is InChI=1S/C17H24BrClN4OSi/c1-25(2,3)10-9-24-14(11-5-4-6-11)16-22-13(15(18)23-16)12-7-8-20-17(19)21-12/h7-8,11,14H,4-6,9-10H2,1-3H3,(H,22,23). The van der Waals surface area contributed by atoms with Crippen LogP contribution in [-0.2, 0) is 4.74 Å². The van der Waals surface area contributed by atoms with Crippen molar-refractivity contribution in [2.75, 3.05) is 6.61 Å². The van der Waals surface area contributed by atoms with E-state index in [9.17, 15) is 0 Å². The van der Waals surface area contributed by atoms with Gasteiger partial charge in [-0.2, -0.15) is 0 Å². The Labute approximate surface area is 163 Å². The van der Waals surface area contributed by atoms with Gasteiger partial charge in [0.1, 0.15) is 22.2 Å². The maximum absolute atomic E-state index is 6.30. The molecule has 1 atom stereocenters. The summed E-state index contributed by atoms with van der Waals surface area (Å²) in [5, 5.41) is 0.218. The van der Waals surface area contributed by atoms with E-state index in [1.54, 1.807) is 12.3 Å². The van der Waals surface area contributed by atoms with Crippen LogP contribution in [0.5, 0.6) is 0 Å². The number of aromatic nitrogens is 4. The molecule has 1 aliphatic carbocycles. The fraction of sp³-hybridized carbons (Fsp3) is 0.588. The zero-order valence-electron chi connectivity index (χ0n) is 14.9. The van der Waals surface area contributed by atoms with Gasteiger partial charge in [-0.05, 0) is 58.4 Å². The zero-order chi connectivity index (χ0) is 18.0. The van der Waals surface area contributed by atoms with Crippen LogP contribution in [0.1, 0.15) is 31.2 Å². The summed E-state index contributed by atoms with van der Waals surface area (Å²) in [6, 6.07) is 2.97. The molecule has 1 unspecified atom stereocenters. The molecule has 1 fully saturated rings. The molecule has 1 aliphatic rings. The predicted octanol–water partition coefficient (Wildman–Crippen LogP) is 5.48. The second-order valence-corrected chi connectivity index (χ2v) is 14.5. The van der Waals surface area contributed by atoms with Gasteiger partial charge in [-0.1, -0.05) is 26.1 Å². The minimum atomic E-state index is -1.11. The Kier molecular flexibility index (Phi) is 5.98. The van der Waals surface area contributed by atoms with Gasteiger partial charge in [0.25, 0.3) is 0 Å². The number of nitrogens with zero attached hydrogens (tertiary/aromatic N) is 3. The van der Waals surface area contributed by atoms with Crippen molar-refractivity contribution in [2.24, 2.45) is 5.92 Å². The van der Waals surface area contributed by atoms with Crippen LogP contribution in [0.4, 0.5) is 0 Å². The summed E-state index contributed by atoms with van der Waals surface area (Å²) >= 11 is 9.48. The molecule has 1 saturated carbocycles. The van der Waals surface area contributed by atoms with Gasteiger partial charge in [0.05, 0.1) is 5.69 Å². The Morgan fingerprint density at radius 2 is 2.12 bits per heavy atom. The summed E-state index contributed by atoms with van der Waals surface area (Å²) in [5.41, 5.74) is 1.45. The third-order valence-electron chi connectivity index (χ3n) is 4.54. The average molecular weight is 444 g/mol. The maximum atomic E-state index is 6.30. The summed E-state index contributed by atoms with van der Waals surface area (Å²) < 4.78 is 7.10. The normalized spacial score (nSPS) is 16.7. The average Bonchev–Trinajstić information content (AvgIpc) is 2.85. The van der Waals surface area contributed by atoms with E-state index < -0.39 is 8.07 Å². The van der Waals surface area contributed by atoms with E-state index in [-0.39, 0.29) is 11.4 Å². The first-order valence-corrected chi connectivity index (χ1v) is 13.6. The lowest BCUT2D eigenvalue weighted by molar-refractivity contribution is -0.0147. The first kappa shape index (κ1) is 19.0. The highest BCUT2D eigenvalue weighted by molar-refractivity contribution is 9.10. The van der Waals surface area contributed by atoms with Gasteiger partial charge < -0.3 is 9.72 Å². The van der Waals surface area contributed by atoms with Gasteiger partial charge in [-0.15, -0.1) is 0 Å². The van der Waals surface area contributed by atoms with Crippen molar-refractivity contribution in [2.45, 2.75) is 51.1 Å². The molecule has 0 aliphatic heterocycles. The number of rotatable bonds is 7. The van der Waals surface area contributed by atoms with Crippen LogP contribution in [0.3, 0.4) is 0 Å². The second-order valence-electron chi connectivity index (χ2n) is 7.79. The molecular weight excluding hydrogens is 420 g/mol. The summed E-state index contributed by atoms with van der Waals surface area (Å²) in [4.78, 5) is 16.3. The maximum Gasteiger partial charge on any atom is 0.222 e. The minimum absolute atomic E-state index is 0.0208. The molecule has 5 nitrogen and oxygen atoms in total. The Balaban J connectivity index is 1.80.